The van der Waals surface area contributed by atoms with Crippen molar-refractivity contribution in [1.29, 1.82) is 0 Å². The van der Waals surface area contributed by atoms with E-state index in [1.54, 1.807) is 0 Å². The van der Waals surface area contributed by atoms with Crippen LogP contribution in [-0.2, 0) is 9.84 Å². The van der Waals surface area contributed by atoms with Crippen LogP contribution in [-0.4, -0.2) is 38.3 Å². The van der Waals surface area contributed by atoms with E-state index in [1.165, 1.54) is 4.44 Å². The first-order chi connectivity index (χ1) is 6.77. The maximum absolute atomic E-state index is 11.6. The normalized spacial score (nSPS) is 13.1. The van der Waals surface area contributed by atoms with E-state index in [1.807, 2.05) is 0 Å². The minimum absolute atomic E-state index is 0.403. The van der Waals surface area contributed by atoms with Crippen LogP contribution in [0.25, 0.3) is 0 Å². The summed E-state index contributed by atoms with van der Waals surface area (Å²) >= 11 is -1.73. The maximum atomic E-state index is 11.6. The Labute approximate surface area is 99.6 Å². The molecule has 0 aliphatic rings. The molecule has 0 spiro atoms. The molecule has 0 saturated heterocycles. The number of sulfone groups is 1. The molecule has 0 amide bonds. The van der Waals surface area contributed by atoms with Gasteiger partial charge in [0.2, 0.25) is 0 Å². The van der Waals surface area contributed by atoms with Gasteiger partial charge in [-0.1, -0.05) is 0 Å². The predicted molar refractivity (Wildman–Crippen MR) is 70.9 cm³/mol. The second-order valence-electron chi connectivity index (χ2n) is 5.52. The van der Waals surface area contributed by atoms with Gasteiger partial charge in [-0.15, -0.1) is 0 Å². The molecule has 0 N–H and O–H groups in total. The van der Waals surface area contributed by atoms with Gasteiger partial charge in [0.25, 0.3) is 0 Å². The van der Waals surface area contributed by atoms with Crippen molar-refractivity contribution in [3.63, 3.8) is 0 Å². The topological polar surface area (TPSA) is 34.1 Å². The van der Waals surface area contributed by atoms with E-state index >= 15 is 0 Å². The van der Waals surface area contributed by atoms with E-state index in [9.17, 15) is 8.42 Å². The van der Waals surface area contributed by atoms with E-state index in [4.69, 9.17) is 0 Å². The van der Waals surface area contributed by atoms with Crippen molar-refractivity contribution in [2.45, 2.75) is 51.9 Å². The van der Waals surface area contributed by atoms with Crippen molar-refractivity contribution in [1.82, 2.24) is 0 Å². The zero-order chi connectivity index (χ0) is 11.9. The monoisotopic (exact) mass is 342 g/mol. The van der Waals surface area contributed by atoms with Gasteiger partial charge in [-0.25, -0.2) is 0 Å². The van der Waals surface area contributed by atoms with Gasteiger partial charge in [0.1, 0.15) is 0 Å². The molecule has 0 aromatic carbocycles. The summed E-state index contributed by atoms with van der Waals surface area (Å²) in [6, 6.07) is 0. The Morgan fingerprint density at radius 1 is 0.933 bits per heavy atom. The first-order valence-electron chi connectivity index (χ1n) is 5.97. The molecule has 0 unspecified atom stereocenters. The molecule has 0 rings (SSSR count). The van der Waals surface area contributed by atoms with Crippen LogP contribution < -0.4 is 0 Å². The molecule has 0 radical (unpaired) electrons. The average molecular weight is 341 g/mol. The van der Waals surface area contributed by atoms with Gasteiger partial charge >= 0.3 is 100 Å². The number of hydrogen-bond acceptors (Lipinski definition) is 2. The molecule has 0 aliphatic heterocycles. The van der Waals surface area contributed by atoms with Gasteiger partial charge in [-0.3, -0.25) is 0 Å². The fraction of sp³-hybridized carbons (Fsp3) is 1.00. The first kappa shape index (κ1) is 15.7. The van der Waals surface area contributed by atoms with E-state index in [2.05, 4.69) is 21.7 Å². The number of rotatable bonds is 8. The van der Waals surface area contributed by atoms with E-state index in [-0.39, 0.29) is 0 Å². The third-order valence-corrected chi connectivity index (χ3v) is 9.55. The third kappa shape index (κ3) is 11.0. The molecular formula is C11H26O2SSn. The minimum atomic E-state index is -2.74. The summed E-state index contributed by atoms with van der Waals surface area (Å²) in [5.74, 6) is 0.825. The van der Waals surface area contributed by atoms with E-state index < -0.39 is 28.2 Å². The van der Waals surface area contributed by atoms with E-state index in [0.717, 1.165) is 25.7 Å². The second kappa shape index (κ2) is 7.15. The van der Waals surface area contributed by atoms with Gasteiger partial charge in [0, 0.05) is 0 Å². The van der Waals surface area contributed by atoms with Gasteiger partial charge in [-0.05, 0) is 0 Å². The van der Waals surface area contributed by atoms with Crippen molar-refractivity contribution in [3.05, 3.63) is 0 Å². The second-order valence-corrected chi connectivity index (χ2v) is 23.9. The van der Waals surface area contributed by atoms with Crippen molar-refractivity contribution >= 4 is 28.2 Å². The number of unbranched alkanes of at least 4 members (excludes halogenated alkanes) is 2. The molecule has 4 heteroatoms. The molecule has 0 aliphatic carbocycles. The van der Waals surface area contributed by atoms with Crippen LogP contribution in [0.4, 0.5) is 0 Å². The third-order valence-electron chi connectivity index (χ3n) is 2.44. The van der Waals surface area contributed by atoms with Gasteiger partial charge in [0.05, 0.1) is 0 Å². The van der Waals surface area contributed by atoms with Crippen LogP contribution in [0.1, 0.15) is 32.6 Å². The Bertz CT molecular complexity index is 252. The first-order valence-corrected chi connectivity index (χ1v) is 18.4. The molecule has 0 atom stereocenters. The van der Waals surface area contributed by atoms with Crippen molar-refractivity contribution in [3.8, 4) is 0 Å². The summed E-state index contributed by atoms with van der Waals surface area (Å²) in [6.45, 7) is 2.10. The van der Waals surface area contributed by atoms with Crippen molar-refractivity contribution in [2.24, 2.45) is 0 Å². The molecule has 0 fully saturated rings. The van der Waals surface area contributed by atoms with Gasteiger partial charge in [-0.2, -0.15) is 0 Å². The molecule has 0 heterocycles. The van der Waals surface area contributed by atoms with Crippen LogP contribution in [0, 0.1) is 0 Å². The Morgan fingerprint density at radius 3 is 1.93 bits per heavy atom. The van der Waals surface area contributed by atoms with Gasteiger partial charge in [0.15, 0.2) is 0 Å². The molecule has 0 bridgehead atoms. The Kier molecular flexibility index (Phi) is 7.51. The summed E-state index contributed by atoms with van der Waals surface area (Å²) in [5.41, 5.74) is 0. The summed E-state index contributed by atoms with van der Waals surface area (Å²) in [7, 11) is -2.74. The Balaban J connectivity index is 3.75. The molecule has 92 valence electrons. The SMILES string of the molecule is CCCCCS(=O)(=O)CC[CH2][Sn]([CH3])([CH3])[CH3]. The zero-order valence-corrected chi connectivity index (χ0v) is 14.3. The summed E-state index contributed by atoms with van der Waals surface area (Å²) in [4.78, 5) is 7.08. The predicted octanol–water partition coefficient (Wildman–Crippen LogP) is 3.32. The molecule has 15 heavy (non-hydrogen) atoms. The van der Waals surface area contributed by atoms with Crippen molar-refractivity contribution < 1.29 is 8.42 Å². The molecule has 0 saturated carbocycles. The van der Waals surface area contributed by atoms with Crippen LogP contribution in [0.3, 0.4) is 0 Å². The molecule has 0 aromatic rings. The molecular weight excluding hydrogens is 315 g/mol. The van der Waals surface area contributed by atoms with Crippen LogP contribution >= 0.6 is 0 Å². The van der Waals surface area contributed by atoms with E-state index in [0.29, 0.717) is 11.5 Å². The summed E-state index contributed by atoms with van der Waals surface area (Å²) in [5, 5.41) is 0. The number of hydrogen-bond donors (Lipinski definition) is 0. The standard InChI is InChI=1S/C8H17O2S.3CH3.Sn/c1-3-5-6-8-11(9,10)7-4-2;;;;/h2-8H2,1H3;3*1H3;. The Hall–Kier alpha value is 0.749. The fourth-order valence-electron chi connectivity index (χ4n) is 1.50. The van der Waals surface area contributed by atoms with Crippen molar-refractivity contribution in [2.75, 3.05) is 11.5 Å². The molecule has 0 aromatic heterocycles. The summed E-state index contributed by atoms with van der Waals surface area (Å²) < 4.78 is 24.4. The zero-order valence-electron chi connectivity index (χ0n) is 10.7. The molecule has 2 nitrogen and oxygen atoms in total. The average Bonchev–Trinajstić information content (AvgIpc) is 2.01. The quantitative estimate of drug-likeness (QED) is 0.501. The fourth-order valence-corrected chi connectivity index (χ4v) is 7.19. The van der Waals surface area contributed by atoms with Crippen LogP contribution in [0.2, 0.25) is 19.3 Å². The summed E-state index contributed by atoms with van der Waals surface area (Å²) in [6.07, 6.45) is 3.87. The van der Waals surface area contributed by atoms with Crippen LogP contribution in [0.5, 0.6) is 0 Å². The van der Waals surface area contributed by atoms with Gasteiger partial charge < -0.3 is 0 Å². The Morgan fingerprint density at radius 2 is 1.47 bits per heavy atom. The van der Waals surface area contributed by atoms with Crippen LogP contribution in [0.15, 0.2) is 0 Å².